The Labute approximate surface area is 320 Å². The zero-order chi connectivity index (χ0) is 38.2. The van der Waals surface area contributed by atoms with Gasteiger partial charge in [0.15, 0.2) is 11.6 Å². The molecule has 6 aromatic heterocycles. The van der Waals surface area contributed by atoms with Crippen molar-refractivity contribution < 1.29 is 18.3 Å². The zero-order valence-corrected chi connectivity index (χ0v) is 30.7. The van der Waals surface area contributed by atoms with Crippen molar-refractivity contribution in [1.29, 1.82) is 0 Å². The fourth-order valence-corrected chi connectivity index (χ4v) is 7.34. The van der Waals surface area contributed by atoms with Crippen molar-refractivity contribution in [2.24, 2.45) is 0 Å². The first-order valence-electron chi connectivity index (χ1n) is 18.7. The van der Waals surface area contributed by atoms with Crippen LogP contribution in [0.5, 0.6) is 0 Å². The molecule has 16 heteroatoms. The first kappa shape index (κ1) is 35.4. The van der Waals surface area contributed by atoms with Gasteiger partial charge in [-0.15, -0.1) is 0 Å². The average molecular weight is 757 g/mol. The third-order valence-corrected chi connectivity index (χ3v) is 10.1. The van der Waals surface area contributed by atoms with Crippen LogP contribution < -0.4 is 10.0 Å². The third kappa shape index (κ3) is 6.92. The second-order valence-corrected chi connectivity index (χ2v) is 14.0. The Morgan fingerprint density at radius 1 is 0.625 bits per heavy atom. The lowest BCUT2D eigenvalue weighted by Gasteiger charge is -2.35. The lowest BCUT2D eigenvalue weighted by atomic mass is 10.0. The fourth-order valence-electron chi connectivity index (χ4n) is 7.34. The van der Waals surface area contributed by atoms with Crippen LogP contribution in [0.1, 0.15) is 76.2 Å². The molecule has 1 aromatic carbocycles. The van der Waals surface area contributed by atoms with Gasteiger partial charge in [-0.1, -0.05) is 24.3 Å². The number of fused-ring (bicyclic) bond motifs is 1. The molecule has 0 bridgehead atoms. The summed E-state index contributed by atoms with van der Waals surface area (Å²) >= 11 is 0. The molecule has 14 nitrogen and oxygen atoms in total. The highest BCUT2D eigenvalue weighted by Crippen LogP contribution is 2.39. The Hall–Kier alpha value is -6.26. The van der Waals surface area contributed by atoms with Crippen LogP contribution in [-0.4, -0.2) is 62.0 Å². The molecule has 8 heterocycles. The second kappa shape index (κ2) is 15.1. The standard InChI is InChI=1S/C40H38F2N12O2/c1-23-7-5-11-33(55-23)37-45-20-30(49-37)35-28(41)18-47-39(51-35)53(26-13-15-43-16-14-26)54(32-22-44-17-25-9-3-4-10-27(25)32)40-48-19-29(42)36(52-40)31-21-46-38(50-31)34-12-6-8-24(2)56-34/h3-4,9-10,13-24,33-34H,5-8,11-12H2,1-2H3,(H,45,49)(H,46,50). The summed E-state index contributed by atoms with van der Waals surface area (Å²) in [7, 11) is 0. The molecule has 2 aliphatic heterocycles. The summed E-state index contributed by atoms with van der Waals surface area (Å²) in [6.07, 6.45) is 17.1. The van der Waals surface area contributed by atoms with E-state index in [1.807, 2.05) is 38.1 Å². The molecule has 2 aliphatic rings. The van der Waals surface area contributed by atoms with Gasteiger partial charge in [-0.25, -0.2) is 48.7 Å². The molecular weight excluding hydrogens is 719 g/mol. The topological polar surface area (TPSA) is 160 Å². The number of ether oxygens (including phenoxy) is 2. The van der Waals surface area contributed by atoms with Crippen molar-refractivity contribution in [2.45, 2.75) is 76.8 Å². The second-order valence-electron chi connectivity index (χ2n) is 14.0. The quantitative estimate of drug-likeness (QED) is 0.136. The highest BCUT2D eigenvalue weighted by atomic mass is 19.1. The van der Waals surface area contributed by atoms with E-state index < -0.39 is 11.6 Å². The number of imidazole rings is 2. The molecule has 7 aromatic rings. The van der Waals surface area contributed by atoms with Gasteiger partial charge in [0.2, 0.25) is 0 Å². The molecule has 2 saturated heterocycles. The van der Waals surface area contributed by atoms with Gasteiger partial charge in [0.1, 0.15) is 35.2 Å². The number of halogens is 2. The van der Waals surface area contributed by atoms with E-state index in [9.17, 15) is 0 Å². The van der Waals surface area contributed by atoms with Crippen LogP contribution in [0, 0.1) is 11.6 Å². The lowest BCUT2D eigenvalue weighted by Crippen LogP contribution is -2.38. The summed E-state index contributed by atoms with van der Waals surface area (Å²) in [6.45, 7) is 4.06. The number of hydrogen-bond donors (Lipinski definition) is 2. The number of nitrogens with zero attached hydrogens (tertiary/aromatic N) is 10. The highest BCUT2D eigenvalue weighted by Gasteiger charge is 2.31. The van der Waals surface area contributed by atoms with Gasteiger partial charge < -0.3 is 19.4 Å². The Bertz CT molecular complexity index is 2470. The summed E-state index contributed by atoms with van der Waals surface area (Å²) in [5, 5.41) is 4.83. The average Bonchev–Trinajstić information content (AvgIpc) is 3.93. The van der Waals surface area contributed by atoms with E-state index in [1.54, 1.807) is 59.3 Å². The van der Waals surface area contributed by atoms with Crippen molar-refractivity contribution in [3.63, 3.8) is 0 Å². The van der Waals surface area contributed by atoms with Crippen LogP contribution in [0.25, 0.3) is 33.5 Å². The zero-order valence-electron chi connectivity index (χ0n) is 30.7. The van der Waals surface area contributed by atoms with Crippen LogP contribution in [-0.2, 0) is 9.47 Å². The maximum absolute atomic E-state index is 15.8. The number of aromatic nitrogens is 10. The molecule has 4 atom stereocenters. The molecule has 284 valence electrons. The number of hydrazine groups is 1. The fraction of sp³-hybridized carbons (Fsp3) is 0.300. The minimum Gasteiger partial charge on any atom is -0.367 e. The summed E-state index contributed by atoms with van der Waals surface area (Å²) < 4.78 is 43.9. The van der Waals surface area contributed by atoms with Crippen LogP contribution >= 0.6 is 0 Å². The monoisotopic (exact) mass is 756 g/mol. The summed E-state index contributed by atoms with van der Waals surface area (Å²) in [6, 6.07) is 11.1. The first-order chi connectivity index (χ1) is 27.4. The predicted octanol–water partition coefficient (Wildman–Crippen LogP) is 8.42. The molecule has 4 unspecified atom stereocenters. The molecule has 56 heavy (non-hydrogen) atoms. The van der Waals surface area contributed by atoms with Gasteiger partial charge in [-0.05, 0) is 64.5 Å². The van der Waals surface area contributed by atoms with Crippen molar-refractivity contribution in [2.75, 3.05) is 10.0 Å². The molecule has 9 rings (SSSR count). The minimum absolute atomic E-state index is 0.0161. The molecule has 0 amide bonds. The number of benzene rings is 1. The maximum Gasteiger partial charge on any atom is 0.250 e. The predicted molar refractivity (Wildman–Crippen MR) is 204 cm³/mol. The molecule has 2 N–H and O–H groups in total. The number of rotatable bonds is 9. The Morgan fingerprint density at radius 2 is 1.20 bits per heavy atom. The van der Waals surface area contributed by atoms with Crippen LogP contribution in [0.15, 0.2) is 86.0 Å². The van der Waals surface area contributed by atoms with E-state index in [0.717, 1.165) is 61.7 Å². The van der Waals surface area contributed by atoms with Gasteiger partial charge in [0, 0.05) is 29.4 Å². The minimum atomic E-state index is -0.667. The summed E-state index contributed by atoms with van der Waals surface area (Å²) in [5.41, 5.74) is 1.69. The number of H-pyrrole nitrogens is 2. The van der Waals surface area contributed by atoms with E-state index in [4.69, 9.17) is 19.4 Å². The van der Waals surface area contributed by atoms with Crippen molar-refractivity contribution in [1.82, 2.24) is 49.8 Å². The molecule has 0 radical (unpaired) electrons. The number of hydrogen-bond acceptors (Lipinski definition) is 12. The van der Waals surface area contributed by atoms with E-state index in [-0.39, 0.29) is 47.7 Å². The molecule has 0 spiro atoms. The van der Waals surface area contributed by atoms with Gasteiger partial charge in [-0.2, -0.15) is 0 Å². The van der Waals surface area contributed by atoms with E-state index in [2.05, 4.69) is 39.9 Å². The van der Waals surface area contributed by atoms with Gasteiger partial charge in [-0.3, -0.25) is 9.97 Å². The largest absolute Gasteiger partial charge is 0.367 e. The molecular formula is C40H38F2N12O2. The maximum atomic E-state index is 15.8. The van der Waals surface area contributed by atoms with Gasteiger partial charge in [0.05, 0.1) is 66.0 Å². The van der Waals surface area contributed by atoms with Crippen LogP contribution in [0.2, 0.25) is 0 Å². The Balaban J connectivity index is 1.19. The number of anilines is 4. The van der Waals surface area contributed by atoms with E-state index >= 15 is 8.78 Å². The van der Waals surface area contributed by atoms with Crippen molar-refractivity contribution in [3.8, 4) is 22.8 Å². The van der Waals surface area contributed by atoms with Gasteiger partial charge >= 0.3 is 0 Å². The molecule has 0 aliphatic carbocycles. The van der Waals surface area contributed by atoms with E-state index in [0.29, 0.717) is 34.4 Å². The number of aromatic amines is 2. The van der Waals surface area contributed by atoms with Crippen LogP contribution in [0.4, 0.5) is 32.1 Å². The number of nitrogens with one attached hydrogen (secondary N) is 2. The number of pyridine rings is 2. The normalized spacial score (nSPS) is 19.9. The Morgan fingerprint density at radius 3 is 1.79 bits per heavy atom. The van der Waals surface area contributed by atoms with Crippen molar-refractivity contribution >= 4 is 34.0 Å². The van der Waals surface area contributed by atoms with Crippen LogP contribution in [0.3, 0.4) is 0 Å². The molecule has 2 fully saturated rings. The van der Waals surface area contributed by atoms with Crippen molar-refractivity contribution in [3.05, 3.63) is 109 Å². The summed E-state index contributed by atoms with van der Waals surface area (Å²) in [4.78, 5) is 43.0. The first-order valence-corrected chi connectivity index (χ1v) is 18.7. The molecule has 0 saturated carbocycles. The van der Waals surface area contributed by atoms with Gasteiger partial charge in [0.25, 0.3) is 11.9 Å². The SMILES string of the molecule is CC1CCCC(c2ncc(-c3nc(N(c4ccncc4)N(c4ncc(F)c(-c5cnc(C6CCCC(C)O6)[nH]5)n4)c4cncc5ccccc45)ncc3F)[nH]2)O1. The smallest absolute Gasteiger partial charge is 0.250 e. The Kier molecular flexibility index (Phi) is 9.56. The highest BCUT2D eigenvalue weighted by molar-refractivity contribution is 5.96. The third-order valence-electron chi connectivity index (χ3n) is 10.1. The summed E-state index contributed by atoms with van der Waals surface area (Å²) in [5.74, 6) is -0.0579. The lowest BCUT2D eigenvalue weighted by molar-refractivity contribution is -0.0455. The van der Waals surface area contributed by atoms with E-state index in [1.165, 1.54) is 0 Å².